The molecule has 1 aromatic heterocycles. The van der Waals surface area contributed by atoms with E-state index in [4.69, 9.17) is 0 Å². The van der Waals surface area contributed by atoms with Crippen LogP contribution in [0.2, 0.25) is 0 Å². The Kier molecular flexibility index (Phi) is 4.40. The van der Waals surface area contributed by atoms with Crippen LogP contribution >= 0.6 is 0 Å². The largest absolute Gasteiger partial charge is 0.341 e. The number of benzene rings is 1. The summed E-state index contributed by atoms with van der Waals surface area (Å²) in [7, 11) is 1.76. The number of aryl methyl sites for hydroxylation is 1. The number of amides is 1. The summed E-state index contributed by atoms with van der Waals surface area (Å²) in [5.41, 5.74) is 0.534. The number of nitrogens with zero attached hydrogens (tertiary/aromatic N) is 3. The molecule has 0 aliphatic carbocycles. The third-order valence-electron chi connectivity index (χ3n) is 3.98. The van der Waals surface area contributed by atoms with Gasteiger partial charge in [0, 0.05) is 18.5 Å². The van der Waals surface area contributed by atoms with Gasteiger partial charge in [-0.15, -0.1) is 0 Å². The van der Waals surface area contributed by atoms with Crippen molar-refractivity contribution >= 4 is 16.7 Å². The highest BCUT2D eigenvalue weighted by atomic mass is 16.2. The van der Waals surface area contributed by atoms with Crippen molar-refractivity contribution in [2.75, 3.05) is 7.05 Å². The zero-order valence-corrected chi connectivity index (χ0v) is 13.0. The van der Waals surface area contributed by atoms with E-state index in [9.17, 15) is 9.59 Å². The Morgan fingerprint density at radius 1 is 1.33 bits per heavy atom. The number of carbonyl (C=O) groups excluding carboxylic acids is 1. The van der Waals surface area contributed by atoms with Crippen LogP contribution < -0.4 is 5.56 Å². The van der Waals surface area contributed by atoms with E-state index >= 15 is 0 Å². The van der Waals surface area contributed by atoms with E-state index in [-0.39, 0.29) is 24.1 Å². The SMILES string of the molecule is CCC(C)N(C)C(=O)Cn1nc(C)c2ccccc2c1=O. The molecule has 21 heavy (non-hydrogen) atoms. The molecule has 0 spiro atoms. The molecule has 0 saturated heterocycles. The molecule has 1 aromatic carbocycles. The van der Waals surface area contributed by atoms with E-state index < -0.39 is 0 Å². The van der Waals surface area contributed by atoms with Crippen molar-refractivity contribution < 1.29 is 4.79 Å². The molecule has 0 aliphatic heterocycles. The maximum absolute atomic E-state index is 12.4. The van der Waals surface area contributed by atoms with E-state index in [1.54, 1.807) is 18.0 Å². The normalized spacial score (nSPS) is 12.4. The van der Waals surface area contributed by atoms with Crippen molar-refractivity contribution in [2.45, 2.75) is 39.8 Å². The summed E-state index contributed by atoms with van der Waals surface area (Å²) >= 11 is 0. The standard InChI is InChI=1S/C16H21N3O2/c1-5-11(2)18(4)15(20)10-19-16(21)14-9-7-6-8-13(14)12(3)17-19/h6-9,11H,5,10H2,1-4H3. The molecule has 1 unspecified atom stereocenters. The van der Waals surface area contributed by atoms with Crippen molar-refractivity contribution in [3.05, 3.63) is 40.3 Å². The van der Waals surface area contributed by atoms with Gasteiger partial charge in [0.1, 0.15) is 6.54 Å². The lowest BCUT2D eigenvalue weighted by Crippen LogP contribution is -2.39. The molecule has 1 amide bonds. The minimum absolute atomic E-state index is 0.0225. The van der Waals surface area contributed by atoms with Gasteiger partial charge in [0.15, 0.2) is 0 Å². The number of fused-ring (bicyclic) bond motifs is 1. The number of rotatable bonds is 4. The molecule has 1 atom stereocenters. The monoisotopic (exact) mass is 287 g/mol. The van der Waals surface area contributed by atoms with E-state index in [0.717, 1.165) is 17.5 Å². The fourth-order valence-corrected chi connectivity index (χ4v) is 2.27. The third kappa shape index (κ3) is 2.96. The Bertz CT molecular complexity index is 721. The molecule has 1 heterocycles. The predicted octanol–water partition coefficient (Wildman–Crippen LogP) is 1.96. The Labute approximate surface area is 124 Å². The lowest BCUT2D eigenvalue weighted by atomic mass is 10.1. The summed E-state index contributed by atoms with van der Waals surface area (Å²) < 4.78 is 1.26. The van der Waals surface area contributed by atoms with Crippen LogP contribution in [0, 0.1) is 6.92 Å². The van der Waals surface area contributed by atoms with Crippen LogP contribution in [0.4, 0.5) is 0 Å². The van der Waals surface area contributed by atoms with Gasteiger partial charge in [0.05, 0.1) is 11.1 Å². The highest BCUT2D eigenvalue weighted by Crippen LogP contribution is 2.12. The first-order valence-electron chi connectivity index (χ1n) is 7.17. The Balaban J connectivity index is 2.38. The van der Waals surface area contributed by atoms with Gasteiger partial charge in [-0.25, -0.2) is 4.68 Å². The molecular formula is C16H21N3O2. The molecule has 0 aliphatic rings. The summed E-state index contributed by atoms with van der Waals surface area (Å²) in [4.78, 5) is 26.3. The van der Waals surface area contributed by atoms with Crippen LogP contribution in [-0.4, -0.2) is 33.7 Å². The third-order valence-corrected chi connectivity index (χ3v) is 3.98. The van der Waals surface area contributed by atoms with Gasteiger partial charge in [-0.3, -0.25) is 9.59 Å². The quantitative estimate of drug-likeness (QED) is 0.864. The van der Waals surface area contributed by atoms with Gasteiger partial charge < -0.3 is 4.90 Å². The number of likely N-dealkylation sites (N-methyl/N-ethyl adjacent to an activating group) is 1. The van der Waals surface area contributed by atoms with Gasteiger partial charge in [-0.2, -0.15) is 5.10 Å². The Hall–Kier alpha value is -2.17. The fourth-order valence-electron chi connectivity index (χ4n) is 2.27. The summed E-state index contributed by atoms with van der Waals surface area (Å²) in [5.74, 6) is -0.103. The van der Waals surface area contributed by atoms with Gasteiger partial charge in [0.2, 0.25) is 5.91 Å². The minimum atomic E-state index is -0.220. The maximum Gasteiger partial charge on any atom is 0.275 e. The number of hydrogen-bond acceptors (Lipinski definition) is 3. The molecule has 0 bridgehead atoms. The summed E-state index contributed by atoms with van der Waals surface area (Å²) in [5, 5.41) is 5.70. The second kappa shape index (κ2) is 6.08. The summed E-state index contributed by atoms with van der Waals surface area (Å²) in [6.45, 7) is 5.84. The van der Waals surface area contributed by atoms with Crippen LogP contribution in [0.1, 0.15) is 26.0 Å². The zero-order chi connectivity index (χ0) is 15.6. The smallest absolute Gasteiger partial charge is 0.275 e. The minimum Gasteiger partial charge on any atom is -0.341 e. The van der Waals surface area contributed by atoms with Crippen molar-refractivity contribution in [2.24, 2.45) is 0 Å². The van der Waals surface area contributed by atoms with Crippen LogP contribution in [0.3, 0.4) is 0 Å². The van der Waals surface area contributed by atoms with E-state index in [1.807, 2.05) is 39.0 Å². The van der Waals surface area contributed by atoms with Gasteiger partial charge in [-0.1, -0.05) is 25.1 Å². The number of hydrogen-bond donors (Lipinski definition) is 0. The molecule has 0 fully saturated rings. The first kappa shape index (κ1) is 15.2. The molecule has 0 radical (unpaired) electrons. The second-order valence-corrected chi connectivity index (χ2v) is 5.36. The summed E-state index contributed by atoms with van der Waals surface area (Å²) in [6, 6.07) is 7.49. The molecule has 5 nitrogen and oxygen atoms in total. The Morgan fingerprint density at radius 2 is 1.95 bits per heavy atom. The molecule has 5 heteroatoms. The van der Waals surface area contributed by atoms with E-state index in [1.165, 1.54) is 4.68 Å². The second-order valence-electron chi connectivity index (χ2n) is 5.36. The molecule has 112 valence electrons. The molecule has 0 N–H and O–H groups in total. The topological polar surface area (TPSA) is 55.2 Å². The Morgan fingerprint density at radius 3 is 2.57 bits per heavy atom. The predicted molar refractivity (Wildman–Crippen MR) is 83.3 cm³/mol. The average molecular weight is 287 g/mol. The van der Waals surface area contributed by atoms with Gasteiger partial charge in [-0.05, 0) is 26.3 Å². The van der Waals surface area contributed by atoms with Gasteiger partial charge in [0.25, 0.3) is 5.56 Å². The maximum atomic E-state index is 12.4. The lowest BCUT2D eigenvalue weighted by Gasteiger charge is -2.24. The van der Waals surface area contributed by atoms with E-state index in [2.05, 4.69) is 5.10 Å². The number of aromatic nitrogens is 2. The molecular weight excluding hydrogens is 266 g/mol. The lowest BCUT2D eigenvalue weighted by molar-refractivity contribution is -0.132. The molecule has 0 saturated carbocycles. The van der Waals surface area contributed by atoms with Crippen LogP contribution in [0.15, 0.2) is 29.1 Å². The van der Waals surface area contributed by atoms with Gasteiger partial charge >= 0.3 is 0 Å². The highest BCUT2D eigenvalue weighted by molar-refractivity contribution is 5.83. The summed E-state index contributed by atoms with van der Waals surface area (Å²) in [6.07, 6.45) is 0.876. The average Bonchev–Trinajstić information content (AvgIpc) is 2.50. The first-order chi connectivity index (χ1) is 9.95. The van der Waals surface area contributed by atoms with Crippen molar-refractivity contribution in [3.8, 4) is 0 Å². The van der Waals surface area contributed by atoms with E-state index in [0.29, 0.717) is 5.39 Å². The fraction of sp³-hybridized carbons (Fsp3) is 0.438. The zero-order valence-electron chi connectivity index (χ0n) is 13.0. The molecule has 2 aromatic rings. The van der Waals surface area contributed by atoms with Crippen molar-refractivity contribution in [3.63, 3.8) is 0 Å². The van der Waals surface area contributed by atoms with Crippen molar-refractivity contribution in [1.82, 2.24) is 14.7 Å². The highest BCUT2D eigenvalue weighted by Gasteiger charge is 2.16. The van der Waals surface area contributed by atoms with Crippen molar-refractivity contribution in [1.29, 1.82) is 0 Å². The first-order valence-corrected chi connectivity index (χ1v) is 7.17. The number of carbonyl (C=O) groups is 1. The molecule has 2 rings (SSSR count). The van der Waals surface area contributed by atoms with Crippen LogP contribution in [0.25, 0.3) is 10.8 Å². The van der Waals surface area contributed by atoms with Crippen LogP contribution in [-0.2, 0) is 11.3 Å². The van der Waals surface area contributed by atoms with Crippen LogP contribution in [0.5, 0.6) is 0 Å².